The molecule has 5 aliphatic rings. The summed E-state index contributed by atoms with van der Waals surface area (Å²) >= 11 is 0. The molecule has 166 valence electrons. The summed E-state index contributed by atoms with van der Waals surface area (Å²) in [7, 11) is 0. The summed E-state index contributed by atoms with van der Waals surface area (Å²) in [5.74, 6) is 0.686. The number of carbonyl (C=O) groups is 1. The van der Waals surface area contributed by atoms with Crippen LogP contribution < -0.4 is 0 Å². The second-order valence-electron chi connectivity index (χ2n) is 10.8. The maximum Gasteiger partial charge on any atom is 0.310 e. The third-order valence-corrected chi connectivity index (χ3v) is 9.04. The maximum absolute atomic E-state index is 13.2. The van der Waals surface area contributed by atoms with Gasteiger partial charge in [0.05, 0.1) is 18.1 Å². The molecule has 4 fully saturated rings. The lowest BCUT2D eigenvalue weighted by Crippen LogP contribution is -2.51. The predicted molar refractivity (Wildman–Crippen MR) is 116 cm³/mol. The summed E-state index contributed by atoms with van der Waals surface area (Å²) in [4.78, 5) is 15.3. The molecule has 3 heterocycles. The minimum Gasteiger partial charge on any atom is -0.462 e. The normalized spacial score (nSPS) is 42.0. The number of hydrogen-bond acceptors (Lipinski definition) is 4. The van der Waals surface area contributed by atoms with Gasteiger partial charge in [-0.15, -0.1) is 0 Å². The zero-order valence-corrected chi connectivity index (χ0v) is 18.3. The number of esters is 1. The fraction of sp³-hybridized carbons (Fsp3) is 0.654. The fourth-order valence-electron chi connectivity index (χ4n) is 7.25. The number of nitrogens with zero attached hydrogens (tertiary/aromatic N) is 1. The number of hydrogen-bond donors (Lipinski definition) is 0. The molecule has 0 aromatic heterocycles. The first-order chi connectivity index (χ1) is 15.0. The average molecular weight is 426 g/mol. The van der Waals surface area contributed by atoms with Crippen molar-refractivity contribution in [3.63, 3.8) is 0 Å². The molecule has 1 aromatic rings. The van der Waals surface area contributed by atoms with Gasteiger partial charge in [-0.3, -0.25) is 9.69 Å². The van der Waals surface area contributed by atoms with E-state index in [0.717, 1.165) is 51.1 Å². The summed E-state index contributed by atoms with van der Waals surface area (Å²) in [5, 5.41) is 0. The van der Waals surface area contributed by atoms with E-state index in [1.807, 2.05) is 12.1 Å². The van der Waals surface area contributed by atoms with Crippen molar-refractivity contribution in [1.29, 1.82) is 0 Å². The highest BCUT2D eigenvalue weighted by molar-refractivity contribution is 5.76. The van der Waals surface area contributed by atoms with E-state index in [1.165, 1.54) is 37.0 Å². The van der Waals surface area contributed by atoms with E-state index < -0.39 is 0 Å². The van der Waals surface area contributed by atoms with Gasteiger partial charge >= 0.3 is 5.97 Å². The SMILES string of the molecule is C[C@]12CCC[C@@]3(CO3)[C@@H]1C[C@@H]1[C@H](CN3CC=C(c4ccc(F)cc4)CC3)C(=O)O[C@@H]1C2. The smallest absolute Gasteiger partial charge is 0.310 e. The molecule has 0 amide bonds. The highest BCUT2D eigenvalue weighted by Crippen LogP contribution is 2.62. The lowest BCUT2D eigenvalue weighted by molar-refractivity contribution is -0.147. The van der Waals surface area contributed by atoms with E-state index in [4.69, 9.17) is 9.47 Å². The summed E-state index contributed by atoms with van der Waals surface area (Å²) in [5.41, 5.74) is 2.72. The number of rotatable bonds is 3. The Bertz CT molecular complexity index is 908. The molecular formula is C26H32FNO3. The van der Waals surface area contributed by atoms with Gasteiger partial charge in [0, 0.05) is 25.6 Å². The van der Waals surface area contributed by atoms with Crippen molar-refractivity contribution in [2.45, 2.75) is 57.2 Å². The summed E-state index contributed by atoms with van der Waals surface area (Å²) in [6.07, 6.45) is 8.98. The van der Waals surface area contributed by atoms with E-state index in [0.29, 0.717) is 11.8 Å². The molecule has 0 unspecified atom stereocenters. The van der Waals surface area contributed by atoms with Crippen LogP contribution in [0, 0.1) is 29.0 Å². The molecular weight excluding hydrogens is 393 g/mol. The van der Waals surface area contributed by atoms with Crippen molar-refractivity contribution in [2.75, 3.05) is 26.2 Å². The van der Waals surface area contributed by atoms with Crippen LogP contribution in [0.3, 0.4) is 0 Å². The first-order valence-electron chi connectivity index (χ1n) is 12.0. The maximum atomic E-state index is 13.2. The first-order valence-corrected chi connectivity index (χ1v) is 12.0. The molecule has 2 saturated heterocycles. The zero-order chi connectivity index (χ0) is 21.2. The van der Waals surface area contributed by atoms with Crippen LogP contribution in [0.25, 0.3) is 5.57 Å². The number of fused-ring (bicyclic) bond motifs is 3. The fourth-order valence-corrected chi connectivity index (χ4v) is 7.25. The van der Waals surface area contributed by atoms with Gasteiger partial charge < -0.3 is 9.47 Å². The summed E-state index contributed by atoms with van der Waals surface area (Å²) < 4.78 is 25.2. The molecule has 31 heavy (non-hydrogen) atoms. The molecule has 1 aromatic carbocycles. The Morgan fingerprint density at radius 3 is 2.74 bits per heavy atom. The third kappa shape index (κ3) is 3.36. The highest BCUT2D eigenvalue weighted by Gasteiger charge is 2.65. The first kappa shape index (κ1) is 19.9. The summed E-state index contributed by atoms with van der Waals surface area (Å²) in [6.45, 7) is 5.86. The van der Waals surface area contributed by atoms with E-state index in [1.54, 1.807) is 0 Å². The van der Waals surface area contributed by atoms with E-state index in [2.05, 4.69) is 17.9 Å². The van der Waals surface area contributed by atoms with Crippen LogP contribution in [0.5, 0.6) is 0 Å². The number of halogens is 1. The number of epoxide rings is 1. The van der Waals surface area contributed by atoms with Crippen LogP contribution in [0.1, 0.15) is 51.0 Å². The topological polar surface area (TPSA) is 42.1 Å². The van der Waals surface area contributed by atoms with Gasteiger partial charge in [0.1, 0.15) is 11.9 Å². The van der Waals surface area contributed by atoms with Crippen LogP contribution in [-0.2, 0) is 14.3 Å². The van der Waals surface area contributed by atoms with Crippen molar-refractivity contribution in [3.05, 3.63) is 41.7 Å². The lowest BCUT2D eigenvalue weighted by Gasteiger charge is -2.51. The van der Waals surface area contributed by atoms with Crippen LogP contribution >= 0.6 is 0 Å². The molecule has 6 rings (SSSR count). The van der Waals surface area contributed by atoms with Crippen LogP contribution in [0.4, 0.5) is 4.39 Å². The second-order valence-corrected chi connectivity index (χ2v) is 10.8. The Morgan fingerprint density at radius 1 is 1.23 bits per heavy atom. The molecule has 2 aliphatic carbocycles. The minimum atomic E-state index is -0.198. The van der Waals surface area contributed by atoms with Gasteiger partial charge in [0.25, 0.3) is 0 Å². The van der Waals surface area contributed by atoms with Crippen LogP contribution in [0.2, 0.25) is 0 Å². The molecule has 3 aliphatic heterocycles. The van der Waals surface area contributed by atoms with Crippen molar-refractivity contribution in [3.8, 4) is 0 Å². The van der Waals surface area contributed by atoms with Gasteiger partial charge in [-0.25, -0.2) is 4.39 Å². The van der Waals surface area contributed by atoms with Gasteiger partial charge in [-0.1, -0.05) is 25.1 Å². The Morgan fingerprint density at radius 2 is 2.03 bits per heavy atom. The van der Waals surface area contributed by atoms with E-state index in [9.17, 15) is 9.18 Å². The average Bonchev–Trinajstić information content (AvgIpc) is 3.46. The molecule has 6 atom stereocenters. The zero-order valence-electron chi connectivity index (χ0n) is 18.3. The monoisotopic (exact) mass is 425 g/mol. The predicted octanol–water partition coefficient (Wildman–Crippen LogP) is 4.44. The third-order valence-electron chi connectivity index (χ3n) is 9.04. The Kier molecular flexibility index (Phi) is 4.59. The van der Waals surface area contributed by atoms with Crippen molar-refractivity contribution in [1.82, 2.24) is 4.90 Å². The Hall–Kier alpha value is -1.72. The largest absolute Gasteiger partial charge is 0.462 e. The van der Waals surface area contributed by atoms with Gasteiger partial charge in [-0.2, -0.15) is 0 Å². The molecule has 0 radical (unpaired) electrons. The van der Waals surface area contributed by atoms with Gasteiger partial charge in [-0.05, 0) is 73.1 Å². The highest BCUT2D eigenvalue weighted by atomic mass is 19.1. The Balaban J connectivity index is 1.15. The van der Waals surface area contributed by atoms with Crippen LogP contribution in [-0.4, -0.2) is 48.8 Å². The van der Waals surface area contributed by atoms with Crippen molar-refractivity contribution >= 4 is 11.5 Å². The standard InChI is InChI=1S/C26H32FNO3/c1-25-9-2-10-26(16-30-26)23(25)13-20-21(24(29)31-22(20)14-25)15-28-11-7-18(8-12-28)17-3-5-19(27)6-4-17/h3-7,20-23H,2,8-16H2,1H3/t20-,21+,22-,23-,25-,26-/m1/s1. The van der Waals surface area contributed by atoms with Gasteiger partial charge in [0.2, 0.25) is 0 Å². The van der Waals surface area contributed by atoms with Crippen molar-refractivity contribution < 1.29 is 18.7 Å². The Labute approximate surface area is 183 Å². The second kappa shape index (κ2) is 7.14. The van der Waals surface area contributed by atoms with Crippen LogP contribution in [0.15, 0.2) is 30.3 Å². The summed E-state index contributed by atoms with van der Waals surface area (Å²) in [6, 6.07) is 6.76. The number of ether oxygens (including phenoxy) is 2. The molecule has 1 spiro atoms. The van der Waals surface area contributed by atoms with E-state index >= 15 is 0 Å². The molecule has 0 bridgehead atoms. The molecule has 5 heteroatoms. The molecule has 4 nitrogen and oxygen atoms in total. The molecule has 2 saturated carbocycles. The number of benzene rings is 1. The minimum absolute atomic E-state index is 0.0105. The molecule has 0 N–H and O–H groups in total. The quantitative estimate of drug-likeness (QED) is 0.530. The lowest BCUT2D eigenvalue weighted by atomic mass is 9.53. The number of carbonyl (C=O) groups excluding carboxylic acids is 1. The van der Waals surface area contributed by atoms with Crippen molar-refractivity contribution in [2.24, 2.45) is 23.2 Å². The van der Waals surface area contributed by atoms with E-state index in [-0.39, 0.29) is 34.8 Å². The van der Waals surface area contributed by atoms with Gasteiger partial charge in [0.15, 0.2) is 0 Å².